The van der Waals surface area contributed by atoms with Crippen LogP contribution in [0.3, 0.4) is 0 Å². The van der Waals surface area contributed by atoms with Crippen LogP contribution in [-0.4, -0.2) is 35.7 Å². The van der Waals surface area contributed by atoms with E-state index in [1.807, 2.05) is 48.5 Å². The molecule has 1 atom stereocenters. The quantitative estimate of drug-likeness (QED) is 0.733. The van der Waals surface area contributed by atoms with Gasteiger partial charge in [-0.1, -0.05) is 42.5 Å². The average molecular weight is 417 g/mol. The molecule has 4 rings (SSSR count). The van der Waals surface area contributed by atoms with Gasteiger partial charge in [-0.15, -0.1) is 0 Å². The molecule has 1 N–H and O–H groups in total. The van der Waals surface area contributed by atoms with E-state index in [2.05, 4.69) is 15.5 Å². The lowest BCUT2D eigenvalue weighted by atomic mass is 10.0. The Kier molecular flexibility index (Phi) is 5.68. The summed E-state index contributed by atoms with van der Waals surface area (Å²) in [7, 11) is 1.70. The van der Waals surface area contributed by atoms with E-state index in [4.69, 9.17) is 4.74 Å². The van der Waals surface area contributed by atoms with Crippen LogP contribution < -0.4 is 26.6 Å². The summed E-state index contributed by atoms with van der Waals surface area (Å²) in [5, 5.41) is 11.7. The largest absolute Gasteiger partial charge is 1.00 e. The number of rotatable bonds is 3. The highest BCUT2D eigenvalue weighted by Gasteiger charge is 2.52. The van der Waals surface area contributed by atoms with Crippen LogP contribution in [-0.2, 0) is 5.72 Å². The first kappa shape index (κ1) is 18.9. The number of para-hydroxylation sites is 2. The lowest BCUT2D eigenvalue weighted by Gasteiger charge is -2.23. The Labute approximate surface area is 165 Å². The van der Waals surface area contributed by atoms with Crippen molar-refractivity contribution in [1.29, 1.82) is 0 Å². The lowest BCUT2D eigenvalue weighted by Crippen LogP contribution is -3.00. The number of anilines is 1. The number of aliphatic hydroxyl groups is 1. The maximum atomic E-state index is 11.7. The Morgan fingerprint density at radius 1 is 1.00 bits per heavy atom. The second kappa shape index (κ2) is 7.80. The van der Waals surface area contributed by atoms with Crippen LogP contribution in [0, 0.1) is 0 Å². The van der Waals surface area contributed by atoms with Crippen molar-refractivity contribution in [2.75, 3.05) is 25.1 Å². The van der Waals surface area contributed by atoms with Crippen LogP contribution in [0.2, 0.25) is 0 Å². The second-order valence-corrected chi connectivity index (χ2v) is 6.82. The number of halogens is 1. The molecule has 5 heteroatoms. The fourth-order valence-corrected chi connectivity index (χ4v) is 4.10. The SMILES string of the molecule is COc1ccccc1N1CC(O)(c2ccccc2)[N+]2=C1CCCCC2.[Br-]. The van der Waals surface area contributed by atoms with E-state index in [1.165, 1.54) is 12.3 Å². The Bertz CT molecular complexity index is 794. The first-order chi connectivity index (χ1) is 12.2. The van der Waals surface area contributed by atoms with Gasteiger partial charge in [0, 0.05) is 12.0 Å². The predicted molar refractivity (Wildman–Crippen MR) is 99.3 cm³/mol. The van der Waals surface area contributed by atoms with Gasteiger partial charge in [-0.25, -0.2) is 9.48 Å². The van der Waals surface area contributed by atoms with E-state index >= 15 is 0 Å². The Hall–Kier alpha value is -1.85. The van der Waals surface area contributed by atoms with Crippen molar-refractivity contribution < 1.29 is 31.4 Å². The highest BCUT2D eigenvalue weighted by atomic mass is 79.9. The summed E-state index contributed by atoms with van der Waals surface area (Å²) >= 11 is 0. The molecule has 0 radical (unpaired) electrons. The lowest BCUT2D eigenvalue weighted by molar-refractivity contribution is -0.658. The molecule has 0 aliphatic carbocycles. The van der Waals surface area contributed by atoms with Crippen LogP contribution in [0.25, 0.3) is 0 Å². The summed E-state index contributed by atoms with van der Waals surface area (Å²) in [6.45, 7) is 1.40. The standard InChI is InChI=1S/C21H25N2O2.BrH/c1-25-19-13-8-7-12-18(19)22-16-21(24,17-10-4-2-5-11-17)23-15-9-3-6-14-20(22)23;/h2,4-5,7-8,10-13,24H,3,6,9,14-16H2,1H3;1H/q+1;/p-1. The molecule has 0 saturated carbocycles. The third-order valence-electron chi connectivity index (χ3n) is 5.34. The van der Waals surface area contributed by atoms with Crippen LogP contribution in [0.5, 0.6) is 5.75 Å². The zero-order valence-electron chi connectivity index (χ0n) is 15.1. The van der Waals surface area contributed by atoms with E-state index in [1.54, 1.807) is 7.11 Å². The Morgan fingerprint density at radius 2 is 1.73 bits per heavy atom. The third-order valence-corrected chi connectivity index (χ3v) is 5.34. The number of β-amino-alcohol motifs (C(OH)–C–C–N with tert-alkyl or cyclic N) is 1. The summed E-state index contributed by atoms with van der Waals surface area (Å²) in [5.74, 6) is 2.05. The predicted octanol–water partition coefficient (Wildman–Crippen LogP) is 0.349. The van der Waals surface area contributed by atoms with Gasteiger partial charge >= 0.3 is 0 Å². The molecule has 0 aromatic heterocycles. The van der Waals surface area contributed by atoms with Crippen LogP contribution in [0.1, 0.15) is 31.2 Å². The second-order valence-electron chi connectivity index (χ2n) is 6.82. The first-order valence-corrected chi connectivity index (χ1v) is 9.06. The maximum Gasteiger partial charge on any atom is 0.271 e. The third kappa shape index (κ3) is 3.14. The minimum absolute atomic E-state index is 0. The average Bonchev–Trinajstić information content (AvgIpc) is 2.82. The van der Waals surface area contributed by atoms with Crippen molar-refractivity contribution in [2.24, 2.45) is 0 Å². The molecule has 0 bridgehead atoms. The molecule has 138 valence electrons. The van der Waals surface area contributed by atoms with Crippen molar-refractivity contribution in [2.45, 2.75) is 31.4 Å². The van der Waals surface area contributed by atoms with Crippen LogP contribution in [0.4, 0.5) is 5.69 Å². The molecule has 0 saturated heterocycles. The van der Waals surface area contributed by atoms with Crippen molar-refractivity contribution in [3.8, 4) is 5.75 Å². The number of ether oxygens (including phenoxy) is 1. The summed E-state index contributed by atoms with van der Waals surface area (Å²) in [4.78, 5) is 2.25. The topological polar surface area (TPSA) is 35.7 Å². The fraction of sp³-hybridized carbons (Fsp3) is 0.381. The van der Waals surface area contributed by atoms with E-state index in [9.17, 15) is 5.11 Å². The molecule has 0 fully saturated rings. The van der Waals surface area contributed by atoms with Gasteiger partial charge in [0.25, 0.3) is 11.6 Å². The van der Waals surface area contributed by atoms with E-state index in [0.717, 1.165) is 42.8 Å². The minimum atomic E-state index is -0.998. The van der Waals surface area contributed by atoms with E-state index in [0.29, 0.717) is 6.54 Å². The van der Waals surface area contributed by atoms with Gasteiger partial charge in [0.1, 0.15) is 0 Å². The first-order valence-electron chi connectivity index (χ1n) is 9.06. The zero-order chi connectivity index (χ0) is 17.3. The number of benzene rings is 2. The summed E-state index contributed by atoms with van der Waals surface area (Å²) in [6.07, 6.45) is 4.44. The maximum absolute atomic E-state index is 11.7. The van der Waals surface area contributed by atoms with Crippen molar-refractivity contribution in [1.82, 2.24) is 0 Å². The summed E-state index contributed by atoms with van der Waals surface area (Å²) in [6, 6.07) is 18.1. The molecular weight excluding hydrogens is 392 g/mol. The van der Waals surface area contributed by atoms with Crippen molar-refractivity contribution in [3.05, 3.63) is 60.2 Å². The number of hydrogen-bond acceptors (Lipinski definition) is 3. The zero-order valence-corrected chi connectivity index (χ0v) is 16.7. The molecule has 1 unspecified atom stereocenters. The highest BCUT2D eigenvalue weighted by Crippen LogP contribution is 2.38. The van der Waals surface area contributed by atoms with Gasteiger partial charge in [-0.3, -0.25) is 0 Å². The molecule has 0 spiro atoms. The summed E-state index contributed by atoms with van der Waals surface area (Å²) < 4.78 is 7.80. The van der Waals surface area contributed by atoms with Gasteiger partial charge in [0.2, 0.25) is 0 Å². The highest BCUT2D eigenvalue weighted by molar-refractivity contribution is 5.97. The monoisotopic (exact) mass is 416 g/mol. The molecule has 4 nitrogen and oxygen atoms in total. The van der Waals surface area contributed by atoms with Crippen LogP contribution in [0.15, 0.2) is 54.6 Å². The van der Waals surface area contributed by atoms with E-state index < -0.39 is 5.72 Å². The van der Waals surface area contributed by atoms with Gasteiger partial charge in [0.15, 0.2) is 18.0 Å². The Morgan fingerprint density at radius 3 is 2.50 bits per heavy atom. The minimum Gasteiger partial charge on any atom is -1.00 e. The molecule has 2 aromatic carbocycles. The molecule has 2 heterocycles. The number of nitrogens with zero attached hydrogens (tertiary/aromatic N) is 2. The van der Waals surface area contributed by atoms with Crippen molar-refractivity contribution in [3.63, 3.8) is 0 Å². The van der Waals surface area contributed by atoms with Gasteiger partial charge < -0.3 is 26.8 Å². The molecule has 0 amide bonds. The fourth-order valence-electron chi connectivity index (χ4n) is 4.10. The Balaban J connectivity index is 0.00000196. The number of hydrogen-bond donors (Lipinski definition) is 1. The van der Waals surface area contributed by atoms with Crippen LogP contribution >= 0.6 is 0 Å². The number of amidine groups is 1. The van der Waals surface area contributed by atoms with Gasteiger partial charge in [-0.05, 0) is 31.4 Å². The van der Waals surface area contributed by atoms with Gasteiger partial charge in [0.05, 0.1) is 13.7 Å². The van der Waals surface area contributed by atoms with E-state index in [-0.39, 0.29) is 17.0 Å². The van der Waals surface area contributed by atoms with Gasteiger partial charge in [-0.2, -0.15) is 0 Å². The molecular formula is C21H25BrN2O2. The van der Waals surface area contributed by atoms with Crippen molar-refractivity contribution >= 4 is 11.5 Å². The molecule has 2 aliphatic rings. The normalized spacial score (nSPS) is 22.5. The molecule has 2 aliphatic heterocycles. The molecule has 26 heavy (non-hydrogen) atoms. The number of methoxy groups -OCH3 is 1. The summed E-state index contributed by atoms with van der Waals surface area (Å²) in [5.41, 5.74) is 0.979. The molecule has 2 aromatic rings. The smallest absolute Gasteiger partial charge is 0.271 e.